The monoisotopic (exact) mass is 494 g/mol. The van der Waals surface area contributed by atoms with Gasteiger partial charge in [-0.05, 0) is 60.2 Å². The molecule has 5 rings (SSSR count). The molecule has 7 nitrogen and oxygen atoms in total. The zero-order valence-corrected chi connectivity index (χ0v) is 18.6. The molecule has 2 amide bonds. The number of hydrogen-bond donors (Lipinski definition) is 1. The van der Waals surface area contributed by atoms with Crippen LogP contribution < -0.4 is 14.7 Å². The van der Waals surface area contributed by atoms with Crippen molar-refractivity contribution in [1.29, 1.82) is 0 Å². The van der Waals surface area contributed by atoms with E-state index in [1.165, 1.54) is 4.90 Å². The number of phenolic OH excluding ortho intramolecular Hbond substituents is 1. The predicted octanol–water partition coefficient (Wildman–Crippen LogP) is 4.21. The van der Waals surface area contributed by atoms with Crippen LogP contribution in [0.4, 0.5) is 11.4 Å². The van der Waals surface area contributed by atoms with Crippen LogP contribution in [0.15, 0.2) is 77.3 Å². The highest BCUT2D eigenvalue weighted by atomic mass is 79.9. The summed E-state index contributed by atoms with van der Waals surface area (Å²) in [6.45, 7) is 0. The third kappa shape index (κ3) is 3.23. The molecule has 162 valence electrons. The molecule has 0 aromatic heterocycles. The van der Waals surface area contributed by atoms with E-state index in [1.54, 1.807) is 54.6 Å². The Morgan fingerprint density at radius 3 is 2.34 bits per heavy atom. The first-order valence-electron chi connectivity index (χ1n) is 10.0. The third-order valence-corrected chi connectivity index (χ3v) is 6.48. The first-order chi connectivity index (χ1) is 15.5. The summed E-state index contributed by atoms with van der Waals surface area (Å²) in [6.07, 6.45) is -0.982. The average molecular weight is 495 g/mol. The number of imide groups is 1. The number of fused-ring (bicyclic) bond motifs is 1. The maximum absolute atomic E-state index is 13.6. The first-order valence-corrected chi connectivity index (χ1v) is 10.8. The molecular weight excluding hydrogens is 476 g/mol. The summed E-state index contributed by atoms with van der Waals surface area (Å²) in [5.74, 6) is -0.888. The Morgan fingerprint density at radius 2 is 1.66 bits per heavy atom. The molecule has 2 saturated heterocycles. The van der Waals surface area contributed by atoms with Crippen molar-refractivity contribution < 1.29 is 24.3 Å². The number of para-hydroxylation sites is 1. The van der Waals surface area contributed by atoms with Gasteiger partial charge in [0, 0.05) is 4.47 Å². The number of anilines is 2. The van der Waals surface area contributed by atoms with Crippen molar-refractivity contribution in [1.82, 2.24) is 0 Å². The number of rotatable bonds is 4. The van der Waals surface area contributed by atoms with Crippen LogP contribution >= 0.6 is 15.9 Å². The van der Waals surface area contributed by atoms with E-state index in [2.05, 4.69) is 15.9 Å². The molecule has 0 aliphatic carbocycles. The molecule has 2 fully saturated rings. The van der Waals surface area contributed by atoms with Gasteiger partial charge in [0.1, 0.15) is 17.4 Å². The molecule has 0 saturated carbocycles. The maximum atomic E-state index is 13.6. The van der Waals surface area contributed by atoms with Gasteiger partial charge in [-0.3, -0.25) is 14.4 Å². The van der Waals surface area contributed by atoms with E-state index in [4.69, 9.17) is 9.57 Å². The number of nitrogens with zero attached hydrogens (tertiary/aromatic N) is 2. The Labute approximate surface area is 192 Å². The molecule has 0 unspecified atom stereocenters. The zero-order valence-electron chi connectivity index (χ0n) is 17.0. The number of phenols is 1. The number of methoxy groups -OCH3 is 1. The van der Waals surface area contributed by atoms with Gasteiger partial charge in [0.2, 0.25) is 5.91 Å². The lowest BCUT2D eigenvalue weighted by molar-refractivity contribution is -0.126. The number of aromatic hydroxyl groups is 1. The van der Waals surface area contributed by atoms with Gasteiger partial charge in [0.25, 0.3) is 5.91 Å². The fourth-order valence-corrected chi connectivity index (χ4v) is 4.75. The Hall–Kier alpha value is -3.36. The van der Waals surface area contributed by atoms with Crippen LogP contribution in [0, 0.1) is 5.92 Å². The smallest absolute Gasteiger partial charge is 0.266 e. The van der Waals surface area contributed by atoms with E-state index >= 15 is 0 Å². The Kier molecular flexibility index (Phi) is 5.11. The number of carbonyl (C=O) groups is 2. The minimum absolute atomic E-state index is 0.0587. The van der Waals surface area contributed by atoms with E-state index in [0.717, 1.165) is 0 Å². The number of hydroxylamine groups is 1. The van der Waals surface area contributed by atoms with Gasteiger partial charge in [0.05, 0.1) is 24.5 Å². The normalized spacial score (nSPS) is 22.4. The largest absolute Gasteiger partial charge is 0.508 e. The molecule has 1 N–H and O–H groups in total. The summed E-state index contributed by atoms with van der Waals surface area (Å²) in [7, 11) is 1.55. The second-order valence-electron chi connectivity index (χ2n) is 7.57. The molecule has 0 spiro atoms. The number of ether oxygens (including phenoxy) is 1. The van der Waals surface area contributed by atoms with E-state index in [9.17, 15) is 14.7 Å². The van der Waals surface area contributed by atoms with E-state index in [-0.39, 0.29) is 11.7 Å². The molecule has 0 bridgehead atoms. The molecule has 2 heterocycles. The first kappa shape index (κ1) is 20.5. The SMILES string of the molecule is COc1ccc(N2C(=O)[C@@H]3[C@@H](c4cc(O)ccc4Br)N(c4ccccc4)O[C@H]3C2=O)cc1. The summed E-state index contributed by atoms with van der Waals surface area (Å²) >= 11 is 3.53. The zero-order chi connectivity index (χ0) is 22.4. The quantitative estimate of drug-likeness (QED) is 0.547. The minimum Gasteiger partial charge on any atom is -0.508 e. The standard InChI is InChI=1S/C24H19BrN2O5/c1-31-17-10-7-14(8-11-17)26-23(29)20-21(18-13-16(28)9-12-19(18)25)27(32-22(20)24(26)30)15-5-3-2-4-6-15/h2-13,20-22,28H,1H3/t20-,21-,22-/m1/s1. The van der Waals surface area contributed by atoms with Crippen molar-refractivity contribution in [2.45, 2.75) is 12.1 Å². The molecule has 2 aliphatic heterocycles. The van der Waals surface area contributed by atoms with Crippen molar-refractivity contribution in [3.8, 4) is 11.5 Å². The number of carbonyl (C=O) groups excluding carboxylic acids is 2. The lowest BCUT2D eigenvalue weighted by Crippen LogP contribution is -2.37. The Morgan fingerprint density at radius 1 is 0.938 bits per heavy atom. The van der Waals surface area contributed by atoms with Gasteiger partial charge < -0.3 is 9.84 Å². The van der Waals surface area contributed by atoms with E-state index in [0.29, 0.717) is 27.2 Å². The highest BCUT2D eigenvalue weighted by Gasteiger charge is 2.60. The summed E-state index contributed by atoms with van der Waals surface area (Å²) < 4.78 is 5.88. The van der Waals surface area contributed by atoms with Crippen LogP contribution in [0.5, 0.6) is 11.5 Å². The second-order valence-corrected chi connectivity index (χ2v) is 8.43. The highest BCUT2D eigenvalue weighted by molar-refractivity contribution is 9.10. The van der Waals surface area contributed by atoms with Gasteiger partial charge in [-0.1, -0.05) is 34.1 Å². The molecule has 3 atom stereocenters. The van der Waals surface area contributed by atoms with E-state index in [1.807, 2.05) is 30.3 Å². The number of benzene rings is 3. The Bertz CT molecular complexity index is 1180. The molecule has 0 radical (unpaired) electrons. The van der Waals surface area contributed by atoms with Crippen LogP contribution in [-0.2, 0) is 14.4 Å². The van der Waals surface area contributed by atoms with Crippen molar-refractivity contribution in [2.24, 2.45) is 5.92 Å². The van der Waals surface area contributed by atoms with Crippen LogP contribution in [0.3, 0.4) is 0 Å². The van der Waals surface area contributed by atoms with Gasteiger partial charge in [-0.2, -0.15) is 0 Å². The number of halogens is 1. The van der Waals surface area contributed by atoms with Crippen LogP contribution in [-0.4, -0.2) is 30.1 Å². The van der Waals surface area contributed by atoms with Gasteiger partial charge in [-0.25, -0.2) is 9.96 Å². The lowest BCUT2D eigenvalue weighted by Gasteiger charge is -2.29. The van der Waals surface area contributed by atoms with Crippen LogP contribution in [0.2, 0.25) is 0 Å². The molecule has 3 aromatic carbocycles. The fraction of sp³-hybridized carbons (Fsp3) is 0.167. The topological polar surface area (TPSA) is 79.3 Å². The van der Waals surface area contributed by atoms with Crippen molar-refractivity contribution in [3.05, 3.63) is 82.8 Å². The molecule has 3 aromatic rings. The summed E-state index contributed by atoms with van der Waals surface area (Å²) in [5.41, 5.74) is 1.82. The molecule has 8 heteroatoms. The van der Waals surface area contributed by atoms with E-state index < -0.39 is 24.0 Å². The third-order valence-electron chi connectivity index (χ3n) is 5.75. The molecule has 2 aliphatic rings. The Balaban J connectivity index is 1.59. The van der Waals surface area contributed by atoms with Crippen LogP contribution in [0.1, 0.15) is 11.6 Å². The van der Waals surface area contributed by atoms with Crippen molar-refractivity contribution in [3.63, 3.8) is 0 Å². The number of hydrogen-bond acceptors (Lipinski definition) is 6. The molecular formula is C24H19BrN2O5. The maximum Gasteiger partial charge on any atom is 0.266 e. The van der Waals surface area contributed by atoms with Crippen molar-refractivity contribution >= 4 is 39.1 Å². The minimum atomic E-state index is -0.982. The molecule has 32 heavy (non-hydrogen) atoms. The van der Waals surface area contributed by atoms with Gasteiger partial charge in [-0.15, -0.1) is 0 Å². The lowest BCUT2D eigenvalue weighted by atomic mass is 9.90. The van der Waals surface area contributed by atoms with Crippen LogP contribution in [0.25, 0.3) is 0 Å². The summed E-state index contributed by atoms with van der Waals surface area (Å²) in [5, 5.41) is 11.7. The second kappa shape index (κ2) is 7.96. The highest BCUT2D eigenvalue weighted by Crippen LogP contribution is 2.49. The predicted molar refractivity (Wildman–Crippen MR) is 121 cm³/mol. The number of amides is 2. The fourth-order valence-electron chi connectivity index (χ4n) is 4.27. The summed E-state index contributed by atoms with van der Waals surface area (Å²) in [6, 6.07) is 20.3. The van der Waals surface area contributed by atoms with Gasteiger partial charge in [0.15, 0.2) is 6.10 Å². The summed E-state index contributed by atoms with van der Waals surface area (Å²) in [4.78, 5) is 34.2. The van der Waals surface area contributed by atoms with Gasteiger partial charge >= 0.3 is 0 Å². The average Bonchev–Trinajstić information content (AvgIpc) is 3.32. The van der Waals surface area contributed by atoms with Crippen molar-refractivity contribution in [2.75, 3.05) is 17.1 Å².